The van der Waals surface area contributed by atoms with Gasteiger partial charge in [-0.15, -0.1) is 0 Å². The van der Waals surface area contributed by atoms with Crippen LogP contribution in [0.2, 0.25) is 0 Å². The molecule has 2 aromatic carbocycles. The number of halogens is 1. The molecule has 20 heavy (non-hydrogen) atoms. The van der Waals surface area contributed by atoms with Gasteiger partial charge in [0.15, 0.2) is 11.6 Å². The number of nitrogen functional groups attached to an aromatic ring is 1. The topological polar surface area (TPSA) is 40.2 Å². The molecule has 0 aliphatic rings. The Morgan fingerprint density at radius 2 is 2.00 bits per heavy atom. The Balaban J connectivity index is 1.90. The predicted molar refractivity (Wildman–Crippen MR) is 78.1 cm³/mol. The van der Waals surface area contributed by atoms with E-state index in [0.29, 0.717) is 6.61 Å². The van der Waals surface area contributed by atoms with Gasteiger partial charge in [-0.3, -0.25) is 0 Å². The quantitative estimate of drug-likeness (QED) is 0.740. The van der Waals surface area contributed by atoms with Crippen molar-refractivity contribution < 1.29 is 9.13 Å². The lowest BCUT2D eigenvalue weighted by atomic mass is 10.1. The number of anilines is 1. The van der Waals surface area contributed by atoms with E-state index >= 15 is 0 Å². The van der Waals surface area contributed by atoms with Crippen LogP contribution in [0.4, 0.5) is 10.1 Å². The van der Waals surface area contributed by atoms with E-state index in [1.807, 2.05) is 36.0 Å². The largest absolute Gasteiger partial charge is 0.486 e. The monoisotopic (exact) mass is 270 g/mol. The summed E-state index contributed by atoms with van der Waals surface area (Å²) in [6.07, 6.45) is 1.98. The minimum Gasteiger partial charge on any atom is -0.486 e. The summed E-state index contributed by atoms with van der Waals surface area (Å²) in [5, 5.41) is 1.07. The van der Waals surface area contributed by atoms with Gasteiger partial charge in [0.25, 0.3) is 0 Å². The number of para-hydroxylation sites is 1. The number of rotatable bonds is 3. The molecule has 0 spiro atoms. The average Bonchev–Trinajstić information content (AvgIpc) is 2.74. The van der Waals surface area contributed by atoms with Crippen molar-refractivity contribution in [2.24, 2.45) is 7.05 Å². The molecule has 1 heterocycles. The number of fused-ring (bicyclic) bond motifs is 1. The maximum atomic E-state index is 13.5. The van der Waals surface area contributed by atoms with Gasteiger partial charge in [-0.2, -0.15) is 0 Å². The molecule has 0 bridgehead atoms. The Morgan fingerprint density at radius 1 is 1.20 bits per heavy atom. The van der Waals surface area contributed by atoms with Crippen molar-refractivity contribution in [1.82, 2.24) is 4.57 Å². The summed E-state index contributed by atoms with van der Waals surface area (Å²) < 4.78 is 21.1. The third kappa shape index (κ3) is 2.20. The molecule has 1 aromatic heterocycles. The van der Waals surface area contributed by atoms with Crippen LogP contribution in [0.1, 0.15) is 5.56 Å². The molecule has 0 aliphatic carbocycles. The minimum absolute atomic E-state index is 0.264. The van der Waals surface area contributed by atoms with Crippen molar-refractivity contribution in [2.45, 2.75) is 6.61 Å². The highest BCUT2D eigenvalue weighted by Crippen LogP contribution is 2.25. The summed E-state index contributed by atoms with van der Waals surface area (Å²) in [6, 6.07) is 12.1. The van der Waals surface area contributed by atoms with Crippen LogP contribution in [0.5, 0.6) is 5.75 Å². The van der Waals surface area contributed by atoms with Crippen LogP contribution in [0.3, 0.4) is 0 Å². The van der Waals surface area contributed by atoms with Crippen molar-refractivity contribution in [3.05, 3.63) is 60.0 Å². The fourth-order valence-corrected chi connectivity index (χ4v) is 2.32. The Bertz CT molecular complexity index is 764. The molecule has 3 rings (SSSR count). The van der Waals surface area contributed by atoms with Gasteiger partial charge in [-0.1, -0.05) is 18.2 Å². The highest BCUT2D eigenvalue weighted by atomic mass is 19.1. The van der Waals surface area contributed by atoms with Crippen LogP contribution in [0, 0.1) is 5.82 Å². The molecule has 3 nitrogen and oxygen atoms in total. The molecule has 0 radical (unpaired) electrons. The number of benzene rings is 2. The first-order valence-corrected chi connectivity index (χ1v) is 6.36. The van der Waals surface area contributed by atoms with E-state index in [9.17, 15) is 4.39 Å². The summed E-state index contributed by atoms with van der Waals surface area (Å²) in [4.78, 5) is 0. The highest BCUT2D eigenvalue weighted by Gasteiger charge is 2.09. The zero-order valence-corrected chi connectivity index (χ0v) is 11.1. The average molecular weight is 270 g/mol. The second kappa shape index (κ2) is 4.89. The Labute approximate surface area is 116 Å². The van der Waals surface area contributed by atoms with Crippen LogP contribution in [-0.4, -0.2) is 4.57 Å². The maximum Gasteiger partial charge on any atom is 0.165 e. The Hall–Kier alpha value is -2.49. The second-order valence-electron chi connectivity index (χ2n) is 4.76. The number of hydrogen-bond acceptors (Lipinski definition) is 2. The molecule has 0 fully saturated rings. The predicted octanol–water partition coefficient (Wildman–Crippen LogP) is 3.48. The van der Waals surface area contributed by atoms with Gasteiger partial charge >= 0.3 is 0 Å². The molecule has 0 atom stereocenters. The first-order valence-electron chi connectivity index (χ1n) is 6.36. The van der Waals surface area contributed by atoms with Crippen molar-refractivity contribution in [1.29, 1.82) is 0 Å². The molecule has 0 saturated heterocycles. The number of ether oxygens (including phenoxy) is 1. The summed E-state index contributed by atoms with van der Waals surface area (Å²) in [5.74, 6) is -0.0862. The second-order valence-corrected chi connectivity index (χ2v) is 4.76. The first kappa shape index (κ1) is 12.5. The summed E-state index contributed by atoms with van der Waals surface area (Å²) >= 11 is 0. The van der Waals surface area contributed by atoms with E-state index in [-0.39, 0.29) is 11.6 Å². The summed E-state index contributed by atoms with van der Waals surface area (Å²) in [5.41, 5.74) is 8.56. The Morgan fingerprint density at radius 3 is 2.80 bits per heavy atom. The number of hydrogen-bond donors (Lipinski definition) is 1. The molecule has 2 N–H and O–H groups in total. The van der Waals surface area contributed by atoms with E-state index in [4.69, 9.17) is 10.5 Å². The molecule has 3 aromatic rings. The first-order chi connectivity index (χ1) is 9.65. The van der Waals surface area contributed by atoms with Crippen LogP contribution >= 0.6 is 0 Å². The third-order valence-electron chi connectivity index (χ3n) is 3.32. The zero-order chi connectivity index (χ0) is 14.1. The molecular weight excluding hydrogens is 255 g/mol. The number of nitrogens with two attached hydrogens (primary N) is 1. The lowest BCUT2D eigenvalue weighted by Crippen LogP contribution is -1.96. The third-order valence-corrected chi connectivity index (χ3v) is 3.32. The van der Waals surface area contributed by atoms with Crippen molar-refractivity contribution in [2.75, 3.05) is 5.73 Å². The fourth-order valence-electron chi connectivity index (χ4n) is 2.32. The van der Waals surface area contributed by atoms with Gasteiger partial charge < -0.3 is 15.0 Å². The smallest absolute Gasteiger partial charge is 0.165 e. The zero-order valence-electron chi connectivity index (χ0n) is 11.1. The van der Waals surface area contributed by atoms with E-state index in [1.165, 1.54) is 6.07 Å². The Kier molecular flexibility index (Phi) is 3.06. The van der Waals surface area contributed by atoms with Gasteiger partial charge in [0.1, 0.15) is 6.61 Å². The molecule has 102 valence electrons. The number of nitrogens with zero attached hydrogens (tertiary/aromatic N) is 1. The van der Waals surface area contributed by atoms with Gasteiger partial charge in [0.05, 0.1) is 5.52 Å². The summed E-state index contributed by atoms with van der Waals surface area (Å²) in [7, 11) is 1.95. The van der Waals surface area contributed by atoms with Crippen molar-refractivity contribution in [3.63, 3.8) is 0 Å². The van der Waals surface area contributed by atoms with Crippen molar-refractivity contribution >= 4 is 16.6 Å². The van der Waals surface area contributed by atoms with E-state index in [2.05, 4.69) is 0 Å². The van der Waals surface area contributed by atoms with E-state index in [1.54, 1.807) is 18.2 Å². The van der Waals surface area contributed by atoms with Crippen molar-refractivity contribution in [3.8, 4) is 5.75 Å². The fraction of sp³-hybridized carbons (Fsp3) is 0.125. The minimum atomic E-state index is -0.350. The van der Waals surface area contributed by atoms with Crippen LogP contribution < -0.4 is 10.5 Å². The standard InChI is InChI=1S/C16H15FN2O/c1-19-9-11(13-7-6-12(18)8-15(13)19)10-20-16-5-3-2-4-14(16)17/h2-9H,10,18H2,1H3. The molecule has 0 amide bonds. The lowest BCUT2D eigenvalue weighted by molar-refractivity contribution is 0.291. The summed E-state index contributed by atoms with van der Waals surface area (Å²) in [6.45, 7) is 0.322. The van der Waals surface area contributed by atoms with Gasteiger partial charge in [-0.25, -0.2) is 4.39 Å². The van der Waals surface area contributed by atoms with Gasteiger partial charge in [0, 0.05) is 29.9 Å². The molecular formula is C16H15FN2O. The van der Waals surface area contributed by atoms with Gasteiger partial charge in [0.2, 0.25) is 0 Å². The lowest BCUT2D eigenvalue weighted by Gasteiger charge is -2.06. The van der Waals surface area contributed by atoms with E-state index < -0.39 is 0 Å². The normalized spacial score (nSPS) is 10.9. The van der Waals surface area contributed by atoms with E-state index in [0.717, 1.165) is 22.2 Å². The number of aryl methyl sites for hydroxylation is 1. The SMILES string of the molecule is Cn1cc(COc2ccccc2F)c2ccc(N)cc21. The van der Waals surface area contributed by atoms with Crippen LogP contribution in [0.15, 0.2) is 48.7 Å². The molecule has 0 aliphatic heterocycles. The van der Waals surface area contributed by atoms with Crippen LogP contribution in [0.25, 0.3) is 10.9 Å². The highest BCUT2D eigenvalue weighted by molar-refractivity contribution is 5.86. The van der Waals surface area contributed by atoms with Gasteiger partial charge in [-0.05, 0) is 24.3 Å². The molecule has 0 saturated carbocycles. The maximum absolute atomic E-state index is 13.5. The molecule has 0 unspecified atom stereocenters. The van der Waals surface area contributed by atoms with Crippen LogP contribution in [-0.2, 0) is 13.7 Å². The molecule has 4 heteroatoms. The number of aromatic nitrogens is 1.